The van der Waals surface area contributed by atoms with Crippen LogP contribution < -0.4 is 11.1 Å². The number of benzene rings is 2. The van der Waals surface area contributed by atoms with Crippen molar-refractivity contribution in [2.45, 2.75) is 6.92 Å². The van der Waals surface area contributed by atoms with E-state index in [2.05, 4.69) is 56.8 Å². The predicted octanol–water partition coefficient (Wildman–Crippen LogP) is 4.69. The van der Waals surface area contributed by atoms with Crippen LogP contribution in [0.1, 0.15) is 5.56 Å². The number of halogens is 2. The van der Waals surface area contributed by atoms with E-state index in [1.165, 1.54) is 9.13 Å². The molecular formula is C13H12BrIN2. The second-order valence-corrected chi connectivity index (χ2v) is 5.86. The maximum atomic E-state index is 5.93. The number of nitrogens with one attached hydrogen (secondary N) is 1. The minimum atomic E-state index is 0.758. The first-order valence-electron chi connectivity index (χ1n) is 5.14. The van der Waals surface area contributed by atoms with Gasteiger partial charge in [-0.15, -0.1) is 0 Å². The lowest BCUT2D eigenvalue weighted by Crippen LogP contribution is -1.97. The topological polar surface area (TPSA) is 38.0 Å². The largest absolute Gasteiger partial charge is 0.397 e. The van der Waals surface area contributed by atoms with Crippen molar-refractivity contribution in [1.82, 2.24) is 0 Å². The average Bonchev–Trinajstić information content (AvgIpc) is 2.29. The van der Waals surface area contributed by atoms with E-state index in [4.69, 9.17) is 5.73 Å². The molecular weight excluding hydrogens is 391 g/mol. The predicted molar refractivity (Wildman–Crippen MR) is 85.7 cm³/mol. The Balaban J connectivity index is 2.31. The first-order chi connectivity index (χ1) is 8.06. The van der Waals surface area contributed by atoms with E-state index in [0.717, 1.165) is 21.5 Å². The summed E-state index contributed by atoms with van der Waals surface area (Å²) in [6, 6.07) is 12.1. The van der Waals surface area contributed by atoms with Crippen LogP contribution in [-0.4, -0.2) is 0 Å². The quantitative estimate of drug-likeness (QED) is 0.565. The molecule has 0 bridgehead atoms. The summed E-state index contributed by atoms with van der Waals surface area (Å²) in [5, 5.41) is 3.33. The Morgan fingerprint density at radius 2 is 1.94 bits per heavy atom. The molecule has 0 aliphatic carbocycles. The zero-order chi connectivity index (χ0) is 12.4. The van der Waals surface area contributed by atoms with Crippen molar-refractivity contribution < 1.29 is 0 Å². The molecule has 2 aromatic carbocycles. The molecule has 17 heavy (non-hydrogen) atoms. The minimum absolute atomic E-state index is 0.758. The number of nitrogen functional groups attached to an aromatic ring is 1. The van der Waals surface area contributed by atoms with E-state index in [9.17, 15) is 0 Å². The standard InChI is InChI=1S/C13H12BrIN2/c1-8-2-5-12(16)13(6-8)17-9-3-4-10(14)11(15)7-9/h2-7,17H,16H2,1H3. The van der Waals surface area contributed by atoms with E-state index >= 15 is 0 Å². The second kappa shape index (κ2) is 5.27. The van der Waals surface area contributed by atoms with Crippen LogP contribution in [0.5, 0.6) is 0 Å². The molecule has 4 heteroatoms. The van der Waals surface area contributed by atoms with Gasteiger partial charge in [0.05, 0.1) is 11.4 Å². The summed E-state index contributed by atoms with van der Waals surface area (Å²) in [5.41, 5.74) is 9.86. The third-order valence-corrected chi connectivity index (χ3v) is 4.73. The van der Waals surface area contributed by atoms with Crippen molar-refractivity contribution in [3.63, 3.8) is 0 Å². The van der Waals surface area contributed by atoms with Gasteiger partial charge in [0.2, 0.25) is 0 Å². The molecule has 0 atom stereocenters. The minimum Gasteiger partial charge on any atom is -0.397 e. The Hall–Kier alpha value is -0.750. The second-order valence-electron chi connectivity index (χ2n) is 3.84. The summed E-state index contributed by atoms with van der Waals surface area (Å²) in [7, 11) is 0. The van der Waals surface area contributed by atoms with Gasteiger partial charge in [-0.3, -0.25) is 0 Å². The molecule has 0 saturated heterocycles. The summed E-state index contributed by atoms with van der Waals surface area (Å²) in [6.07, 6.45) is 0. The van der Waals surface area contributed by atoms with E-state index in [1.807, 2.05) is 30.3 Å². The van der Waals surface area contributed by atoms with Crippen molar-refractivity contribution >= 4 is 55.6 Å². The first-order valence-corrected chi connectivity index (χ1v) is 7.01. The Morgan fingerprint density at radius 3 is 2.65 bits per heavy atom. The highest BCUT2D eigenvalue weighted by Crippen LogP contribution is 2.27. The molecule has 0 heterocycles. The normalized spacial score (nSPS) is 10.3. The number of nitrogens with two attached hydrogens (primary N) is 1. The molecule has 88 valence electrons. The third-order valence-electron chi connectivity index (χ3n) is 2.41. The van der Waals surface area contributed by atoms with Gasteiger partial charge in [-0.2, -0.15) is 0 Å². The molecule has 0 radical (unpaired) electrons. The molecule has 0 saturated carbocycles. The van der Waals surface area contributed by atoms with Gasteiger partial charge in [-0.1, -0.05) is 6.07 Å². The summed E-state index contributed by atoms with van der Waals surface area (Å²) in [4.78, 5) is 0. The lowest BCUT2D eigenvalue weighted by molar-refractivity contribution is 1.44. The molecule has 3 N–H and O–H groups in total. The fourth-order valence-corrected chi connectivity index (χ4v) is 2.27. The Labute approximate surface area is 123 Å². The van der Waals surface area contributed by atoms with Gasteiger partial charge in [0.1, 0.15) is 0 Å². The molecule has 0 spiro atoms. The molecule has 0 aliphatic rings. The van der Waals surface area contributed by atoms with Crippen LogP contribution in [0.2, 0.25) is 0 Å². The maximum Gasteiger partial charge on any atom is 0.0620 e. The van der Waals surface area contributed by atoms with E-state index in [0.29, 0.717) is 0 Å². The maximum absolute atomic E-state index is 5.93. The van der Waals surface area contributed by atoms with Crippen molar-refractivity contribution in [1.29, 1.82) is 0 Å². The fourth-order valence-electron chi connectivity index (χ4n) is 1.51. The van der Waals surface area contributed by atoms with Crippen LogP contribution >= 0.6 is 38.5 Å². The lowest BCUT2D eigenvalue weighted by Gasteiger charge is -2.11. The molecule has 0 aliphatic heterocycles. The molecule has 0 unspecified atom stereocenters. The van der Waals surface area contributed by atoms with Gasteiger partial charge >= 0.3 is 0 Å². The summed E-state index contributed by atoms with van der Waals surface area (Å²) >= 11 is 5.77. The van der Waals surface area contributed by atoms with Crippen molar-refractivity contribution in [2.75, 3.05) is 11.1 Å². The van der Waals surface area contributed by atoms with Crippen LogP contribution in [0.3, 0.4) is 0 Å². The van der Waals surface area contributed by atoms with Gasteiger partial charge in [0.15, 0.2) is 0 Å². The Bertz CT molecular complexity index is 555. The van der Waals surface area contributed by atoms with Crippen LogP contribution in [-0.2, 0) is 0 Å². The SMILES string of the molecule is Cc1ccc(N)c(Nc2ccc(Br)c(I)c2)c1. The van der Waals surface area contributed by atoms with Crippen LogP contribution in [0, 0.1) is 10.5 Å². The highest BCUT2D eigenvalue weighted by Gasteiger charge is 2.02. The first kappa shape index (κ1) is 12.7. The zero-order valence-electron chi connectivity index (χ0n) is 9.30. The van der Waals surface area contributed by atoms with Crippen LogP contribution in [0.4, 0.5) is 17.1 Å². The van der Waals surface area contributed by atoms with E-state index < -0.39 is 0 Å². The van der Waals surface area contributed by atoms with Crippen LogP contribution in [0.25, 0.3) is 0 Å². The molecule has 0 amide bonds. The average molecular weight is 403 g/mol. The highest BCUT2D eigenvalue weighted by molar-refractivity contribution is 14.1. The number of hydrogen-bond donors (Lipinski definition) is 2. The fraction of sp³-hybridized carbons (Fsp3) is 0.0769. The van der Waals surface area contributed by atoms with Crippen molar-refractivity contribution in [2.24, 2.45) is 0 Å². The number of rotatable bonds is 2. The zero-order valence-corrected chi connectivity index (χ0v) is 13.0. The van der Waals surface area contributed by atoms with Gasteiger partial charge in [-0.25, -0.2) is 0 Å². The summed E-state index contributed by atoms with van der Waals surface area (Å²) in [6.45, 7) is 2.05. The van der Waals surface area contributed by atoms with E-state index in [1.54, 1.807) is 0 Å². The number of aryl methyl sites for hydroxylation is 1. The van der Waals surface area contributed by atoms with Gasteiger partial charge in [0.25, 0.3) is 0 Å². The van der Waals surface area contributed by atoms with Crippen LogP contribution in [0.15, 0.2) is 40.9 Å². The van der Waals surface area contributed by atoms with Crippen molar-refractivity contribution in [3.8, 4) is 0 Å². The van der Waals surface area contributed by atoms with Gasteiger partial charge in [-0.05, 0) is 81.3 Å². The number of hydrogen-bond acceptors (Lipinski definition) is 2. The highest BCUT2D eigenvalue weighted by atomic mass is 127. The van der Waals surface area contributed by atoms with Gasteiger partial charge in [0, 0.05) is 13.7 Å². The summed E-state index contributed by atoms with van der Waals surface area (Å²) < 4.78 is 2.26. The number of anilines is 3. The molecule has 2 rings (SSSR count). The third kappa shape index (κ3) is 3.13. The Morgan fingerprint density at radius 1 is 1.18 bits per heavy atom. The monoisotopic (exact) mass is 402 g/mol. The lowest BCUT2D eigenvalue weighted by atomic mass is 10.2. The van der Waals surface area contributed by atoms with E-state index in [-0.39, 0.29) is 0 Å². The molecule has 2 aromatic rings. The molecule has 0 fully saturated rings. The summed E-state index contributed by atoms with van der Waals surface area (Å²) in [5.74, 6) is 0. The smallest absolute Gasteiger partial charge is 0.0620 e. The molecule has 2 nitrogen and oxygen atoms in total. The van der Waals surface area contributed by atoms with Crippen molar-refractivity contribution in [3.05, 3.63) is 50.0 Å². The van der Waals surface area contributed by atoms with Gasteiger partial charge < -0.3 is 11.1 Å². The molecule has 0 aromatic heterocycles. The Kier molecular flexibility index (Phi) is 3.93.